The van der Waals surface area contributed by atoms with Crippen LogP contribution in [0.3, 0.4) is 0 Å². The molecule has 2 heteroatoms. The smallest absolute Gasteiger partial charge is 0.0448 e. The summed E-state index contributed by atoms with van der Waals surface area (Å²) in [5, 5.41) is 2.14. The Morgan fingerprint density at radius 2 is 1.25 bits per heavy atom. The van der Waals surface area contributed by atoms with E-state index in [9.17, 15) is 0 Å². The minimum Gasteiger partial charge on any atom is -0.143 e. The van der Waals surface area contributed by atoms with E-state index >= 15 is 0 Å². The van der Waals surface area contributed by atoms with Gasteiger partial charge < -0.3 is 0 Å². The Morgan fingerprint density at radius 3 is 1.88 bits per heavy atom. The molecule has 0 saturated heterocycles. The van der Waals surface area contributed by atoms with Crippen molar-refractivity contribution < 1.29 is 0 Å². The first kappa shape index (κ1) is 14.0. The highest BCUT2D eigenvalue weighted by molar-refractivity contribution is 7.21. The zero-order valence-electron chi connectivity index (χ0n) is 12.9. The van der Waals surface area contributed by atoms with Gasteiger partial charge in [-0.3, -0.25) is 0 Å². The topological polar surface area (TPSA) is 0 Å². The van der Waals surface area contributed by atoms with Gasteiger partial charge in [0.1, 0.15) is 0 Å². The molecule has 0 unspecified atom stereocenters. The molecule has 0 atom stereocenters. The average Bonchev–Trinajstić information content (AvgIpc) is 3.35. The van der Waals surface area contributed by atoms with Crippen molar-refractivity contribution in [2.24, 2.45) is 0 Å². The zero-order valence-corrected chi connectivity index (χ0v) is 14.5. The summed E-state index contributed by atoms with van der Waals surface area (Å²) < 4.78 is 0. The molecule has 1 aliphatic carbocycles. The Kier molecular flexibility index (Phi) is 3.25. The third-order valence-electron chi connectivity index (χ3n) is 4.40. The van der Waals surface area contributed by atoms with Crippen LogP contribution in [0.2, 0.25) is 0 Å². The summed E-state index contributed by atoms with van der Waals surface area (Å²) in [6, 6.07) is 26.2. The Balaban J connectivity index is 1.65. The van der Waals surface area contributed by atoms with Gasteiger partial charge >= 0.3 is 0 Å². The molecule has 114 valence electrons. The highest BCUT2D eigenvalue weighted by Crippen LogP contribution is 2.45. The van der Waals surface area contributed by atoms with E-state index in [0.29, 0.717) is 0 Å². The number of thiophene rings is 2. The van der Waals surface area contributed by atoms with Crippen LogP contribution < -0.4 is 0 Å². The third kappa shape index (κ3) is 2.19. The van der Waals surface area contributed by atoms with Crippen LogP contribution in [0.25, 0.3) is 32.5 Å². The largest absolute Gasteiger partial charge is 0.143 e. The van der Waals surface area contributed by atoms with Crippen LogP contribution in [0.4, 0.5) is 0 Å². The van der Waals surface area contributed by atoms with Crippen molar-refractivity contribution in [2.75, 3.05) is 0 Å². The van der Waals surface area contributed by atoms with Crippen molar-refractivity contribution in [3.05, 3.63) is 94.2 Å². The van der Waals surface area contributed by atoms with Gasteiger partial charge in [-0.25, -0.2) is 0 Å². The minimum absolute atomic E-state index is 1.31. The van der Waals surface area contributed by atoms with Crippen LogP contribution in [0.15, 0.2) is 78.2 Å². The first-order valence-electron chi connectivity index (χ1n) is 7.95. The fourth-order valence-electron chi connectivity index (χ4n) is 3.33. The molecular weight excluding hydrogens is 328 g/mol. The second-order valence-electron chi connectivity index (χ2n) is 5.83. The number of hydrogen-bond donors (Lipinski definition) is 0. The monoisotopic (exact) mass is 342 g/mol. The van der Waals surface area contributed by atoms with Gasteiger partial charge in [-0.05, 0) is 57.5 Å². The van der Waals surface area contributed by atoms with Gasteiger partial charge in [-0.2, -0.15) is 0 Å². The molecule has 24 heavy (non-hydrogen) atoms. The quantitative estimate of drug-likeness (QED) is 0.322. The standard InChI is InChI=1S/C22H14S2/c1-3-8-18-16(6-1)17-7-2-4-9-19(17)20(18)14-15-11-12-22(24-15)21-10-5-13-23-21/h1-14H. The maximum atomic E-state index is 2.34. The summed E-state index contributed by atoms with van der Waals surface area (Å²) in [4.78, 5) is 3.99. The van der Waals surface area contributed by atoms with E-state index in [-0.39, 0.29) is 0 Å². The van der Waals surface area contributed by atoms with E-state index in [2.05, 4.69) is 84.3 Å². The second kappa shape index (κ2) is 5.59. The van der Waals surface area contributed by atoms with Crippen LogP contribution in [-0.2, 0) is 0 Å². The fraction of sp³-hybridized carbons (Fsp3) is 0. The van der Waals surface area contributed by atoms with Gasteiger partial charge in [0.25, 0.3) is 0 Å². The highest BCUT2D eigenvalue weighted by Gasteiger charge is 2.22. The second-order valence-corrected chi connectivity index (χ2v) is 7.89. The molecule has 0 aliphatic heterocycles. The highest BCUT2D eigenvalue weighted by atomic mass is 32.1. The summed E-state index contributed by atoms with van der Waals surface area (Å²) in [5.74, 6) is 0. The predicted octanol–water partition coefficient (Wildman–Crippen LogP) is 7.05. The Morgan fingerprint density at radius 1 is 0.583 bits per heavy atom. The summed E-state index contributed by atoms with van der Waals surface area (Å²) in [7, 11) is 0. The molecule has 0 nitrogen and oxygen atoms in total. The maximum Gasteiger partial charge on any atom is 0.0448 e. The molecule has 1 aliphatic rings. The Hall–Kier alpha value is -2.42. The van der Waals surface area contributed by atoms with Crippen LogP contribution in [0.1, 0.15) is 16.0 Å². The normalized spacial score (nSPS) is 12.1. The summed E-state index contributed by atoms with van der Waals surface area (Å²) in [5.41, 5.74) is 6.69. The first-order valence-corrected chi connectivity index (χ1v) is 9.64. The van der Waals surface area contributed by atoms with Crippen molar-refractivity contribution in [1.82, 2.24) is 0 Å². The van der Waals surface area contributed by atoms with Crippen LogP contribution in [-0.4, -0.2) is 0 Å². The minimum atomic E-state index is 1.31. The van der Waals surface area contributed by atoms with Gasteiger partial charge in [0.15, 0.2) is 0 Å². The molecule has 2 aromatic carbocycles. The molecule has 0 spiro atoms. The summed E-state index contributed by atoms with van der Waals surface area (Å²) in [6.45, 7) is 0. The van der Waals surface area contributed by atoms with Crippen molar-refractivity contribution in [3.63, 3.8) is 0 Å². The molecule has 0 radical (unpaired) electrons. The van der Waals surface area contributed by atoms with Crippen LogP contribution in [0.5, 0.6) is 0 Å². The molecule has 0 N–H and O–H groups in total. The lowest BCUT2D eigenvalue weighted by atomic mass is 10.0. The lowest BCUT2D eigenvalue weighted by Gasteiger charge is -2.01. The number of fused-ring (bicyclic) bond motifs is 3. The number of hydrogen-bond acceptors (Lipinski definition) is 2. The van der Waals surface area contributed by atoms with E-state index < -0.39 is 0 Å². The first-order chi connectivity index (χ1) is 11.9. The van der Waals surface area contributed by atoms with E-state index in [0.717, 1.165) is 0 Å². The van der Waals surface area contributed by atoms with Gasteiger partial charge in [0, 0.05) is 14.6 Å². The van der Waals surface area contributed by atoms with E-state index in [4.69, 9.17) is 0 Å². The van der Waals surface area contributed by atoms with Crippen molar-refractivity contribution in [2.45, 2.75) is 0 Å². The number of rotatable bonds is 2. The maximum absolute atomic E-state index is 2.34. The number of benzene rings is 2. The lowest BCUT2D eigenvalue weighted by molar-refractivity contribution is 1.65. The Labute approximate surface area is 149 Å². The Bertz CT molecular complexity index is 1000. The van der Waals surface area contributed by atoms with Crippen molar-refractivity contribution in [1.29, 1.82) is 0 Å². The van der Waals surface area contributed by atoms with E-state index in [1.165, 1.54) is 42.5 Å². The molecule has 0 saturated carbocycles. The summed E-state index contributed by atoms with van der Waals surface area (Å²) in [6.07, 6.45) is 2.34. The molecule has 0 fully saturated rings. The molecule has 4 aromatic rings. The van der Waals surface area contributed by atoms with E-state index in [1.807, 2.05) is 11.3 Å². The zero-order chi connectivity index (χ0) is 15.9. The molecule has 0 bridgehead atoms. The molecule has 0 amide bonds. The van der Waals surface area contributed by atoms with Crippen molar-refractivity contribution >= 4 is 34.3 Å². The SMILES string of the molecule is C(=C1c2ccccc2-c2ccccc21)c1ccc(-c2cccs2)s1. The fourth-order valence-corrected chi connectivity index (χ4v) is 5.12. The van der Waals surface area contributed by atoms with Gasteiger partial charge in [0.05, 0.1) is 0 Å². The van der Waals surface area contributed by atoms with Gasteiger partial charge in [-0.1, -0.05) is 54.6 Å². The predicted molar refractivity (Wildman–Crippen MR) is 106 cm³/mol. The molecule has 2 heterocycles. The van der Waals surface area contributed by atoms with Gasteiger partial charge in [-0.15, -0.1) is 22.7 Å². The van der Waals surface area contributed by atoms with Crippen LogP contribution >= 0.6 is 22.7 Å². The molecule has 2 aromatic heterocycles. The average molecular weight is 342 g/mol. The lowest BCUT2D eigenvalue weighted by Crippen LogP contribution is -1.79. The molecular formula is C22H14S2. The van der Waals surface area contributed by atoms with Crippen molar-refractivity contribution in [3.8, 4) is 20.9 Å². The summed E-state index contributed by atoms with van der Waals surface area (Å²) >= 11 is 3.66. The van der Waals surface area contributed by atoms with Crippen LogP contribution in [0, 0.1) is 0 Å². The third-order valence-corrected chi connectivity index (χ3v) is 6.50. The molecule has 5 rings (SSSR count). The van der Waals surface area contributed by atoms with E-state index in [1.54, 1.807) is 11.3 Å². The van der Waals surface area contributed by atoms with Gasteiger partial charge in [0.2, 0.25) is 0 Å².